The van der Waals surface area contributed by atoms with Crippen molar-refractivity contribution in [3.63, 3.8) is 0 Å². The SMILES string of the molecule is CCCNCc1ccnc(N(C)C(C)CCSC)c1F. The van der Waals surface area contributed by atoms with Crippen LogP contribution in [-0.4, -0.2) is 36.6 Å². The Morgan fingerprint density at radius 2 is 2.25 bits per heavy atom. The molecule has 1 aromatic rings. The van der Waals surface area contributed by atoms with Crippen LogP contribution in [-0.2, 0) is 6.54 Å². The summed E-state index contributed by atoms with van der Waals surface area (Å²) < 4.78 is 14.5. The molecule has 0 bridgehead atoms. The van der Waals surface area contributed by atoms with E-state index in [9.17, 15) is 4.39 Å². The molecule has 0 radical (unpaired) electrons. The average molecular weight is 299 g/mol. The molecule has 0 fully saturated rings. The van der Waals surface area contributed by atoms with Crippen LogP contribution in [0.25, 0.3) is 0 Å². The molecule has 0 aliphatic heterocycles. The Hall–Kier alpha value is -0.810. The maximum Gasteiger partial charge on any atom is 0.170 e. The predicted octanol–water partition coefficient (Wildman–Crippen LogP) is 3.30. The van der Waals surface area contributed by atoms with E-state index in [1.54, 1.807) is 12.3 Å². The summed E-state index contributed by atoms with van der Waals surface area (Å²) in [6.45, 7) is 5.67. The summed E-state index contributed by atoms with van der Waals surface area (Å²) in [7, 11) is 1.92. The molecule has 1 atom stereocenters. The third-order valence-electron chi connectivity index (χ3n) is 3.43. The molecule has 5 heteroatoms. The standard InChI is InChI=1S/C15H26FN3S/c1-5-8-17-11-13-6-9-18-15(14(13)16)19(3)12(2)7-10-20-4/h6,9,12,17H,5,7-8,10-11H2,1-4H3. The summed E-state index contributed by atoms with van der Waals surface area (Å²) in [6, 6.07) is 2.03. The summed E-state index contributed by atoms with van der Waals surface area (Å²) in [5, 5.41) is 3.23. The molecule has 1 rings (SSSR count). The van der Waals surface area contributed by atoms with E-state index in [2.05, 4.69) is 30.4 Å². The van der Waals surface area contributed by atoms with Crippen LogP contribution in [0.2, 0.25) is 0 Å². The Kier molecular flexibility index (Phi) is 7.92. The zero-order valence-electron chi connectivity index (χ0n) is 12.9. The van der Waals surface area contributed by atoms with Crippen molar-refractivity contribution in [2.24, 2.45) is 0 Å². The minimum atomic E-state index is -0.199. The summed E-state index contributed by atoms with van der Waals surface area (Å²) in [5.74, 6) is 1.33. The maximum atomic E-state index is 14.5. The first-order chi connectivity index (χ1) is 9.61. The summed E-state index contributed by atoms with van der Waals surface area (Å²) in [5.41, 5.74) is 0.687. The fraction of sp³-hybridized carbons (Fsp3) is 0.667. The topological polar surface area (TPSA) is 28.2 Å². The lowest BCUT2D eigenvalue weighted by atomic mass is 10.2. The molecule has 1 heterocycles. The number of thioether (sulfide) groups is 1. The highest BCUT2D eigenvalue weighted by Gasteiger charge is 2.17. The first-order valence-corrected chi connectivity index (χ1v) is 8.57. The van der Waals surface area contributed by atoms with Crippen molar-refractivity contribution >= 4 is 17.6 Å². The molecule has 0 aliphatic carbocycles. The van der Waals surface area contributed by atoms with Crippen molar-refractivity contribution in [1.82, 2.24) is 10.3 Å². The van der Waals surface area contributed by atoms with Gasteiger partial charge in [-0.1, -0.05) is 6.92 Å². The lowest BCUT2D eigenvalue weighted by Crippen LogP contribution is -2.31. The van der Waals surface area contributed by atoms with Crippen LogP contribution in [0.5, 0.6) is 0 Å². The largest absolute Gasteiger partial charge is 0.355 e. The molecular weight excluding hydrogens is 273 g/mol. The van der Waals surface area contributed by atoms with Gasteiger partial charge in [0.15, 0.2) is 11.6 Å². The van der Waals surface area contributed by atoms with Gasteiger partial charge >= 0.3 is 0 Å². The minimum Gasteiger partial charge on any atom is -0.355 e. The molecule has 1 N–H and O–H groups in total. The Balaban J connectivity index is 2.76. The van der Waals surface area contributed by atoms with E-state index in [1.807, 2.05) is 23.7 Å². The van der Waals surface area contributed by atoms with Crippen LogP contribution >= 0.6 is 11.8 Å². The van der Waals surface area contributed by atoms with Crippen molar-refractivity contribution in [3.8, 4) is 0 Å². The van der Waals surface area contributed by atoms with Gasteiger partial charge in [0, 0.05) is 31.4 Å². The van der Waals surface area contributed by atoms with Crippen molar-refractivity contribution in [1.29, 1.82) is 0 Å². The van der Waals surface area contributed by atoms with E-state index in [-0.39, 0.29) is 11.9 Å². The van der Waals surface area contributed by atoms with Gasteiger partial charge in [0.1, 0.15) is 0 Å². The number of pyridine rings is 1. The Morgan fingerprint density at radius 1 is 1.50 bits per heavy atom. The second kappa shape index (κ2) is 9.19. The molecule has 0 aromatic carbocycles. The van der Waals surface area contributed by atoms with Gasteiger partial charge in [-0.3, -0.25) is 0 Å². The van der Waals surface area contributed by atoms with E-state index in [1.165, 1.54) is 0 Å². The molecule has 1 unspecified atom stereocenters. The number of hydrogen-bond acceptors (Lipinski definition) is 4. The first-order valence-electron chi connectivity index (χ1n) is 7.17. The van der Waals surface area contributed by atoms with Crippen LogP contribution in [0.15, 0.2) is 12.3 Å². The second-order valence-corrected chi connectivity index (χ2v) is 6.01. The van der Waals surface area contributed by atoms with E-state index in [4.69, 9.17) is 0 Å². The number of anilines is 1. The van der Waals surface area contributed by atoms with Gasteiger partial charge in [-0.25, -0.2) is 9.37 Å². The number of halogens is 1. The fourth-order valence-electron chi connectivity index (χ4n) is 1.94. The molecule has 0 spiro atoms. The Bertz CT molecular complexity index is 401. The van der Waals surface area contributed by atoms with Crippen molar-refractivity contribution in [2.75, 3.05) is 30.5 Å². The molecule has 20 heavy (non-hydrogen) atoms. The Labute approximate surface area is 126 Å². The maximum absolute atomic E-state index is 14.5. The van der Waals surface area contributed by atoms with Gasteiger partial charge in [0.25, 0.3) is 0 Å². The van der Waals surface area contributed by atoms with Crippen LogP contribution in [0, 0.1) is 5.82 Å². The zero-order chi connectivity index (χ0) is 15.0. The van der Waals surface area contributed by atoms with E-state index >= 15 is 0 Å². The predicted molar refractivity (Wildman–Crippen MR) is 87.1 cm³/mol. The van der Waals surface area contributed by atoms with Gasteiger partial charge < -0.3 is 10.2 Å². The van der Waals surface area contributed by atoms with E-state index in [0.29, 0.717) is 17.9 Å². The molecule has 1 aromatic heterocycles. The van der Waals surface area contributed by atoms with Crippen molar-refractivity contribution < 1.29 is 4.39 Å². The molecule has 0 saturated heterocycles. The molecule has 3 nitrogen and oxygen atoms in total. The third-order valence-corrected chi connectivity index (χ3v) is 4.07. The molecule has 0 saturated carbocycles. The van der Waals surface area contributed by atoms with Crippen LogP contribution in [0.1, 0.15) is 32.3 Å². The van der Waals surface area contributed by atoms with Gasteiger partial charge in [-0.15, -0.1) is 0 Å². The smallest absolute Gasteiger partial charge is 0.170 e. The number of rotatable bonds is 9. The summed E-state index contributed by atoms with van der Waals surface area (Å²) >= 11 is 1.81. The van der Waals surface area contributed by atoms with Crippen molar-refractivity contribution in [3.05, 3.63) is 23.6 Å². The number of nitrogens with one attached hydrogen (secondary N) is 1. The molecule has 114 valence electrons. The van der Waals surface area contributed by atoms with Gasteiger partial charge in [-0.05, 0) is 44.4 Å². The average Bonchev–Trinajstić information content (AvgIpc) is 2.46. The molecule has 0 amide bonds. The lowest BCUT2D eigenvalue weighted by Gasteiger charge is -2.26. The number of aromatic nitrogens is 1. The highest BCUT2D eigenvalue weighted by atomic mass is 32.2. The third kappa shape index (κ3) is 4.94. The summed E-state index contributed by atoms with van der Waals surface area (Å²) in [6.07, 6.45) is 5.85. The molecule has 0 aliphatic rings. The zero-order valence-corrected chi connectivity index (χ0v) is 13.8. The van der Waals surface area contributed by atoms with E-state index in [0.717, 1.165) is 25.1 Å². The highest BCUT2D eigenvalue weighted by molar-refractivity contribution is 7.98. The van der Waals surface area contributed by atoms with E-state index < -0.39 is 0 Å². The molecular formula is C15H26FN3S. The van der Waals surface area contributed by atoms with Crippen LogP contribution in [0.4, 0.5) is 10.2 Å². The normalized spacial score (nSPS) is 12.4. The minimum absolute atomic E-state index is 0.199. The lowest BCUT2D eigenvalue weighted by molar-refractivity contribution is 0.564. The second-order valence-electron chi connectivity index (χ2n) is 5.03. The van der Waals surface area contributed by atoms with Gasteiger partial charge in [0.05, 0.1) is 0 Å². The quantitative estimate of drug-likeness (QED) is 0.708. The van der Waals surface area contributed by atoms with Crippen molar-refractivity contribution in [2.45, 2.75) is 39.3 Å². The summed E-state index contributed by atoms with van der Waals surface area (Å²) in [4.78, 5) is 6.15. The Morgan fingerprint density at radius 3 is 2.90 bits per heavy atom. The highest BCUT2D eigenvalue weighted by Crippen LogP contribution is 2.21. The number of nitrogens with zero attached hydrogens (tertiary/aromatic N) is 2. The fourth-order valence-corrected chi connectivity index (χ4v) is 2.52. The first kappa shape index (κ1) is 17.2. The van der Waals surface area contributed by atoms with Gasteiger partial charge in [-0.2, -0.15) is 11.8 Å². The monoisotopic (exact) mass is 299 g/mol. The number of hydrogen-bond donors (Lipinski definition) is 1. The van der Waals surface area contributed by atoms with Crippen LogP contribution in [0.3, 0.4) is 0 Å². The van der Waals surface area contributed by atoms with Gasteiger partial charge in [0.2, 0.25) is 0 Å². The van der Waals surface area contributed by atoms with Crippen LogP contribution < -0.4 is 10.2 Å².